The molecule has 3 rings (SSSR count). The number of aromatic nitrogens is 1. The highest BCUT2D eigenvalue weighted by Gasteiger charge is 2.06. The van der Waals surface area contributed by atoms with Crippen molar-refractivity contribution in [3.63, 3.8) is 0 Å². The molecular formula is C15H12IN3. The molecule has 0 aliphatic heterocycles. The molecule has 0 fully saturated rings. The number of nitrogens with one attached hydrogen (secondary N) is 1. The smallest absolute Gasteiger partial charge is 0.0957 e. The zero-order valence-corrected chi connectivity index (χ0v) is 12.3. The minimum atomic E-state index is 0.747. The van der Waals surface area contributed by atoms with Gasteiger partial charge in [0.25, 0.3) is 0 Å². The third kappa shape index (κ3) is 2.35. The lowest BCUT2D eigenvalue weighted by Crippen LogP contribution is -1.96. The first-order chi connectivity index (χ1) is 9.25. The number of fused-ring (bicyclic) bond motifs is 1. The van der Waals surface area contributed by atoms with Crippen molar-refractivity contribution in [2.45, 2.75) is 0 Å². The Kier molecular flexibility index (Phi) is 3.25. The Balaban J connectivity index is 2.12. The minimum absolute atomic E-state index is 0.747. The summed E-state index contributed by atoms with van der Waals surface area (Å²) in [7, 11) is 0. The van der Waals surface area contributed by atoms with E-state index >= 15 is 0 Å². The first-order valence-corrected chi connectivity index (χ1v) is 6.98. The molecule has 19 heavy (non-hydrogen) atoms. The van der Waals surface area contributed by atoms with Crippen molar-refractivity contribution in [2.24, 2.45) is 0 Å². The molecule has 3 nitrogen and oxygen atoms in total. The largest absolute Gasteiger partial charge is 0.398 e. The molecule has 0 bridgehead atoms. The lowest BCUT2D eigenvalue weighted by Gasteiger charge is -2.11. The third-order valence-corrected chi connectivity index (χ3v) is 3.89. The maximum absolute atomic E-state index is 5.98. The fraction of sp³-hybridized carbons (Fsp3) is 0. The summed E-state index contributed by atoms with van der Waals surface area (Å²) >= 11 is 2.31. The van der Waals surface area contributed by atoms with Crippen molar-refractivity contribution >= 4 is 50.6 Å². The molecule has 1 aromatic heterocycles. The first kappa shape index (κ1) is 12.2. The van der Waals surface area contributed by atoms with Gasteiger partial charge in [-0.1, -0.05) is 12.1 Å². The average Bonchev–Trinajstić information content (AvgIpc) is 2.44. The van der Waals surface area contributed by atoms with Gasteiger partial charge in [-0.3, -0.25) is 4.98 Å². The molecule has 0 atom stereocenters. The number of para-hydroxylation sites is 1. The molecule has 3 aromatic rings. The number of nitrogens with two attached hydrogens (primary N) is 1. The van der Waals surface area contributed by atoms with Gasteiger partial charge >= 0.3 is 0 Å². The highest BCUT2D eigenvalue weighted by Crippen LogP contribution is 2.30. The monoisotopic (exact) mass is 361 g/mol. The van der Waals surface area contributed by atoms with E-state index < -0.39 is 0 Å². The van der Waals surface area contributed by atoms with Crippen molar-refractivity contribution in [1.82, 2.24) is 4.98 Å². The highest BCUT2D eigenvalue weighted by atomic mass is 127. The Hall–Kier alpha value is -1.82. The summed E-state index contributed by atoms with van der Waals surface area (Å²) in [6, 6.07) is 15.9. The van der Waals surface area contributed by atoms with E-state index in [-0.39, 0.29) is 0 Å². The van der Waals surface area contributed by atoms with Crippen LogP contribution in [0.25, 0.3) is 10.9 Å². The second-order valence-electron chi connectivity index (χ2n) is 4.21. The summed E-state index contributed by atoms with van der Waals surface area (Å²) in [5, 5.41) is 4.39. The molecule has 0 saturated carbocycles. The van der Waals surface area contributed by atoms with Gasteiger partial charge in [-0.25, -0.2) is 0 Å². The van der Waals surface area contributed by atoms with Gasteiger partial charge in [0.15, 0.2) is 0 Å². The van der Waals surface area contributed by atoms with Gasteiger partial charge in [0.2, 0.25) is 0 Å². The maximum atomic E-state index is 5.98. The van der Waals surface area contributed by atoms with Gasteiger partial charge in [0, 0.05) is 20.8 Å². The molecule has 2 aromatic carbocycles. The van der Waals surface area contributed by atoms with Gasteiger partial charge < -0.3 is 11.1 Å². The van der Waals surface area contributed by atoms with Crippen LogP contribution in [0.3, 0.4) is 0 Å². The Morgan fingerprint density at radius 1 is 0.947 bits per heavy atom. The second kappa shape index (κ2) is 5.05. The number of hydrogen-bond donors (Lipinski definition) is 2. The Labute approximate surface area is 125 Å². The average molecular weight is 361 g/mol. The predicted molar refractivity (Wildman–Crippen MR) is 88.6 cm³/mol. The van der Waals surface area contributed by atoms with Gasteiger partial charge in [-0.2, -0.15) is 0 Å². The molecule has 0 radical (unpaired) electrons. The zero-order valence-electron chi connectivity index (χ0n) is 10.1. The summed E-state index contributed by atoms with van der Waals surface area (Å²) in [6.45, 7) is 0. The van der Waals surface area contributed by atoms with Crippen molar-refractivity contribution in [3.05, 3.63) is 58.3 Å². The lowest BCUT2D eigenvalue weighted by molar-refractivity contribution is 1.40. The van der Waals surface area contributed by atoms with Crippen molar-refractivity contribution in [3.8, 4) is 0 Å². The minimum Gasteiger partial charge on any atom is -0.398 e. The van der Waals surface area contributed by atoms with Crippen LogP contribution in [0, 0.1) is 3.57 Å². The molecular weight excluding hydrogens is 349 g/mol. The molecule has 0 amide bonds. The van der Waals surface area contributed by atoms with E-state index in [1.54, 1.807) is 6.20 Å². The molecule has 0 saturated heterocycles. The maximum Gasteiger partial charge on any atom is 0.0957 e. The zero-order chi connectivity index (χ0) is 13.2. The summed E-state index contributed by atoms with van der Waals surface area (Å²) < 4.78 is 1.17. The van der Waals surface area contributed by atoms with Crippen LogP contribution in [0.15, 0.2) is 54.7 Å². The van der Waals surface area contributed by atoms with Crippen LogP contribution in [0.2, 0.25) is 0 Å². The second-order valence-corrected chi connectivity index (χ2v) is 5.37. The number of anilines is 3. The van der Waals surface area contributed by atoms with Gasteiger partial charge in [-0.05, 0) is 59.0 Å². The van der Waals surface area contributed by atoms with E-state index in [4.69, 9.17) is 5.73 Å². The topological polar surface area (TPSA) is 50.9 Å². The standard InChI is InChI=1S/C15H12IN3/c16-11-5-1-2-6-13(11)19-14-8-7-12(17)10-4-3-9-18-15(10)14/h1-9,19H,17H2. The number of nitrogens with zero attached hydrogens (tertiary/aromatic N) is 1. The molecule has 1 heterocycles. The number of nitrogen functional groups attached to an aromatic ring is 1. The highest BCUT2D eigenvalue weighted by molar-refractivity contribution is 14.1. The van der Waals surface area contributed by atoms with Gasteiger partial charge in [-0.15, -0.1) is 0 Å². The number of halogens is 1. The van der Waals surface area contributed by atoms with Crippen LogP contribution >= 0.6 is 22.6 Å². The van der Waals surface area contributed by atoms with E-state index in [2.05, 4.69) is 39.0 Å². The third-order valence-electron chi connectivity index (χ3n) is 2.95. The first-order valence-electron chi connectivity index (χ1n) is 5.90. The van der Waals surface area contributed by atoms with Crippen molar-refractivity contribution in [2.75, 3.05) is 11.1 Å². The summed E-state index contributed by atoms with van der Waals surface area (Å²) in [5.41, 5.74) is 9.65. The molecule has 0 unspecified atom stereocenters. The van der Waals surface area contributed by atoms with Crippen molar-refractivity contribution in [1.29, 1.82) is 0 Å². The number of pyridine rings is 1. The fourth-order valence-corrected chi connectivity index (χ4v) is 2.53. The SMILES string of the molecule is Nc1ccc(Nc2ccccc2I)c2ncccc12. The molecule has 94 valence electrons. The van der Waals surface area contributed by atoms with Crippen molar-refractivity contribution < 1.29 is 0 Å². The van der Waals surface area contributed by atoms with E-state index in [0.717, 1.165) is 28.0 Å². The van der Waals surface area contributed by atoms with Crippen LogP contribution in [0.4, 0.5) is 17.1 Å². The van der Waals surface area contributed by atoms with E-state index in [1.807, 2.05) is 42.5 Å². The summed E-state index contributed by atoms with van der Waals surface area (Å²) in [6.07, 6.45) is 1.78. The molecule has 4 heteroatoms. The number of hydrogen-bond acceptors (Lipinski definition) is 3. The van der Waals surface area contributed by atoms with Crippen LogP contribution in [0.1, 0.15) is 0 Å². The van der Waals surface area contributed by atoms with Crippen LogP contribution in [-0.4, -0.2) is 4.98 Å². The Bertz CT molecular complexity index is 740. The molecule has 0 spiro atoms. The summed E-state index contributed by atoms with van der Waals surface area (Å²) in [5.74, 6) is 0. The lowest BCUT2D eigenvalue weighted by atomic mass is 10.1. The molecule has 0 aliphatic carbocycles. The van der Waals surface area contributed by atoms with E-state index in [1.165, 1.54) is 3.57 Å². The van der Waals surface area contributed by atoms with E-state index in [9.17, 15) is 0 Å². The van der Waals surface area contributed by atoms with Gasteiger partial charge in [0.1, 0.15) is 0 Å². The Morgan fingerprint density at radius 3 is 2.63 bits per heavy atom. The number of rotatable bonds is 2. The van der Waals surface area contributed by atoms with E-state index in [0.29, 0.717) is 0 Å². The van der Waals surface area contributed by atoms with Crippen LogP contribution in [-0.2, 0) is 0 Å². The predicted octanol–water partition coefficient (Wildman–Crippen LogP) is 4.17. The number of benzene rings is 2. The Morgan fingerprint density at radius 2 is 1.79 bits per heavy atom. The quantitative estimate of drug-likeness (QED) is 0.532. The van der Waals surface area contributed by atoms with Gasteiger partial charge in [0.05, 0.1) is 16.9 Å². The van der Waals surface area contributed by atoms with Crippen LogP contribution in [0.5, 0.6) is 0 Å². The molecule has 0 aliphatic rings. The normalized spacial score (nSPS) is 10.6. The molecule has 3 N–H and O–H groups in total. The van der Waals surface area contributed by atoms with Crippen LogP contribution < -0.4 is 11.1 Å². The summed E-state index contributed by atoms with van der Waals surface area (Å²) in [4.78, 5) is 4.42. The fourth-order valence-electron chi connectivity index (χ4n) is 2.00.